The maximum Gasteiger partial charge on any atom is 0.166 e. The van der Waals surface area contributed by atoms with Crippen molar-refractivity contribution in [1.29, 1.82) is 0 Å². The zero-order valence-corrected chi connectivity index (χ0v) is 15.4. The third-order valence-electron chi connectivity index (χ3n) is 4.24. The van der Waals surface area contributed by atoms with Crippen LogP contribution in [0.25, 0.3) is 16.9 Å². The molecule has 0 unspecified atom stereocenters. The number of benzene rings is 1. The normalized spacial score (nSPS) is 11.4. The highest BCUT2D eigenvalue weighted by Gasteiger charge is 2.16. The smallest absolute Gasteiger partial charge is 0.166 e. The number of halogens is 2. The van der Waals surface area contributed by atoms with Crippen molar-refractivity contribution in [3.05, 3.63) is 76.0 Å². The van der Waals surface area contributed by atoms with Crippen LogP contribution in [0.3, 0.4) is 0 Å². The second kappa shape index (κ2) is 6.21. The van der Waals surface area contributed by atoms with Gasteiger partial charge in [-0.3, -0.25) is 0 Å². The van der Waals surface area contributed by atoms with Crippen LogP contribution in [0.2, 0.25) is 10.3 Å². The highest BCUT2D eigenvalue weighted by molar-refractivity contribution is 6.40. The topological polar surface area (TPSA) is 35.1 Å². The number of imidazole rings is 2. The van der Waals surface area contributed by atoms with Crippen molar-refractivity contribution in [3.8, 4) is 11.3 Å². The molecule has 0 bridgehead atoms. The summed E-state index contributed by atoms with van der Waals surface area (Å²) < 4.78 is 3.93. The zero-order valence-electron chi connectivity index (χ0n) is 13.9. The summed E-state index contributed by atoms with van der Waals surface area (Å²) in [6.45, 7) is 4.67. The molecule has 0 saturated carbocycles. The number of fused-ring (bicyclic) bond motifs is 1. The second-order valence-electron chi connectivity index (χ2n) is 6.16. The largest absolute Gasteiger partial charge is 0.314 e. The molecule has 3 aromatic heterocycles. The Bertz CT molecular complexity index is 1060. The quantitative estimate of drug-likeness (QED) is 0.498. The third-order valence-corrected chi connectivity index (χ3v) is 5.01. The molecule has 0 spiro atoms. The van der Waals surface area contributed by atoms with Gasteiger partial charge in [0.15, 0.2) is 5.15 Å². The summed E-state index contributed by atoms with van der Waals surface area (Å²) in [6.07, 6.45) is 3.74. The highest BCUT2D eigenvalue weighted by Crippen LogP contribution is 2.28. The number of hydrogen-bond donors (Lipinski definition) is 0. The molecule has 126 valence electrons. The van der Waals surface area contributed by atoms with Gasteiger partial charge in [0.1, 0.15) is 10.8 Å². The highest BCUT2D eigenvalue weighted by atomic mass is 35.5. The van der Waals surface area contributed by atoms with Crippen molar-refractivity contribution in [2.24, 2.45) is 0 Å². The van der Waals surface area contributed by atoms with Crippen LogP contribution in [0.1, 0.15) is 16.8 Å². The maximum atomic E-state index is 6.27. The van der Waals surface area contributed by atoms with Gasteiger partial charge in [-0.05, 0) is 25.5 Å². The van der Waals surface area contributed by atoms with Crippen molar-refractivity contribution in [3.63, 3.8) is 0 Å². The Morgan fingerprint density at radius 2 is 1.68 bits per heavy atom. The number of pyridine rings is 1. The molecule has 4 aromatic rings. The fourth-order valence-electron chi connectivity index (χ4n) is 2.91. The summed E-state index contributed by atoms with van der Waals surface area (Å²) in [5.74, 6) is 0. The van der Waals surface area contributed by atoms with Gasteiger partial charge >= 0.3 is 0 Å². The first-order valence-corrected chi connectivity index (χ1v) is 8.69. The first kappa shape index (κ1) is 16.2. The standard InChI is InChI=1S/C19H16Cl2N4/c1-12-3-6-14(7-4-12)17-15(10-24-11-22-18(20)19(24)21)25-9-13(2)5-8-16(25)23-17/h3-9,11H,10H2,1-2H3. The number of nitrogens with zero attached hydrogens (tertiary/aromatic N) is 4. The Morgan fingerprint density at radius 1 is 0.960 bits per heavy atom. The van der Waals surface area contributed by atoms with Gasteiger partial charge in [0, 0.05) is 11.8 Å². The van der Waals surface area contributed by atoms with Gasteiger partial charge in [-0.25, -0.2) is 9.97 Å². The van der Waals surface area contributed by atoms with E-state index in [1.54, 1.807) is 6.33 Å². The van der Waals surface area contributed by atoms with Crippen molar-refractivity contribution in [2.75, 3.05) is 0 Å². The SMILES string of the molecule is Cc1ccc(-c2nc3ccc(C)cn3c2Cn2cnc(Cl)c2Cl)cc1. The molecule has 0 radical (unpaired) electrons. The van der Waals surface area contributed by atoms with Crippen molar-refractivity contribution in [2.45, 2.75) is 20.4 Å². The maximum absolute atomic E-state index is 6.27. The van der Waals surface area contributed by atoms with Gasteiger partial charge in [-0.1, -0.05) is 59.1 Å². The summed E-state index contributed by atoms with van der Waals surface area (Å²) in [5.41, 5.74) is 6.33. The van der Waals surface area contributed by atoms with Gasteiger partial charge < -0.3 is 8.97 Å². The van der Waals surface area contributed by atoms with E-state index in [0.717, 1.165) is 28.2 Å². The van der Waals surface area contributed by atoms with Crippen molar-refractivity contribution >= 4 is 28.8 Å². The average Bonchev–Trinajstić information content (AvgIpc) is 3.11. The minimum Gasteiger partial charge on any atom is -0.314 e. The van der Waals surface area contributed by atoms with Gasteiger partial charge in [-0.15, -0.1) is 0 Å². The van der Waals surface area contributed by atoms with E-state index >= 15 is 0 Å². The summed E-state index contributed by atoms with van der Waals surface area (Å²) >= 11 is 12.3. The third kappa shape index (κ3) is 2.92. The molecule has 4 nitrogen and oxygen atoms in total. The van der Waals surface area contributed by atoms with Crippen LogP contribution in [0, 0.1) is 13.8 Å². The number of rotatable bonds is 3. The van der Waals surface area contributed by atoms with Crippen molar-refractivity contribution in [1.82, 2.24) is 18.9 Å². The summed E-state index contributed by atoms with van der Waals surface area (Å²) in [7, 11) is 0. The van der Waals surface area contributed by atoms with Gasteiger partial charge in [-0.2, -0.15) is 0 Å². The van der Waals surface area contributed by atoms with E-state index in [1.807, 2.05) is 10.6 Å². The zero-order chi connectivity index (χ0) is 17.6. The predicted molar refractivity (Wildman–Crippen MR) is 101 cm³/mol. The molecular weight excluding hydrogens is 355 g/mol. The van der Waals surface area contributed by atoms with E-state index in [2.05, 4.69) is 59.8 Å². The first-order chi connectivity index (χ1) is 12.0. The molecule has 25 heavy (non-hydrogen) atoms. The van der Waals surface area contributed by atoms with Gasteiger partial charge in [0.2, 0.25) is 0 Å². The summed E-state index contributed by atoms with van der Waals surface area (Å²) in [5, 5.41) is 0.739. The molecule has 0 amide bonds. The second-order valence-corrected chi connectivity index (χ2v) is 6.88. The number of aryl methyl sites for hydroxylation is 2. The van der Waals surface area contributed by atoms with Crippen LogP contribution in [0.5, 0.6) is 0 Å². The van der Waals surface area contributed by atoms with E-state index in [0.29, 0.717) is 16.9 Å². The number of aromatic nitrogens is 4. The lowest BCUT2D eigenvalue weighted by molar-refractivity contribution is 0.767. The fraction of sp³-hybridized carbons (Fsp3) is 0.158. The fourth-order valence-corrected chi connectivity index (χ4v) is 3.21. The lowest BCUT2D eigenvalue weighted by Gasteiger charge is -2.08. The van der Waals surface area contributed by atoms with Crippen LogP contribution >= 0.6 is 23.2 Å². The molecule has 0 saturated heterocycles. The molecule has 0 aliphatic rings. The van der Waals surface area contributed by atoms with Gasteiger partial charge in [0.05, 0.1) is 24.3 Å². The molecular formula is C19H16Cl2N4. The monoisotopic (exact) mass is 370 g/mol. The van der Waals surface area contributed by atoms with E-state index in [-0.39, 0.29) is 0 Å². The number of hydrogen-bond acceptors (Lipinski definition) is 2. The molecule has 0 fully saturated rings. The summed E-state index contributed by atoms with van der Waals surface area (Å²) in [6, 6.07) is 12.5. The predicted octanol–water partition coefficient (Wildman–Crippen LogP) is 5.17. The Morgan fingerprint density at radius 3 is 2.36 bits per heavy atom. The van der Waals surface area contributed by atoms with Crippen LogP contribution in [-0.2, 0) is 6.54 Å². The van der Waals surface area contributed by atoms with Crippen molar-refractivity contribution < 1.29 is 0 Å². The Hall–Kier alpha value is -2.30. The first-order valence-electron chi connectivity index (χ1n) is 7.93. The summed E-state index contributed by atoms with van der Waals surface area (Å²) in [4.78, 5) is 8.91. The minimum atomic E-state index is 0.309. The molecule has 1 aromatic carbocycles. The van der Waals surface area contributed by atoms with Crippen LogP contribution < -0.4 is 0 Å². The minimum absolute atomic E-state index is 0.309. The lowest BCUT2D eigenvalue weighted by Crippen LogP contribution is -2.03. The molecule has 0 aliphatic carbocycles. The molecule has 0 atom stereocenters. The van der Waals surface area contributed by atoms with E-state index in [9.17, 15) is 0 Å². The Kier molecular flexibility index (Phi) is 4.02. The van der Waals surface area contributed by atoms with E-state index in [1.165, 1.54) is 5.56 Å². The van der Waals surface area contributed by atoms with E-state index in [4.69, 9.17) is 28.2 Å². The van der Waals surface area contributed by atoms with Gasteiger partial charge in [0.25, 0.3) is 0 Å². The van der Waals surface area contributed by atoms with Crippen LogP contribution in [-0.4, -0.2) is 18.9 Å². The Labute approximate surface area is 155 Å². The molecule has 4 rings (SSSR count). The van der Waals surface area contributed by atoms with Crippen LogP contribution in [0.4, 0.5) is 0 Å². The molecule has 3 heterocycles. The van der Waals surface area contributed by atoms with E-state index < -0.39 is 0 Å². The van der Waals surface area contributed by atoms with Crippen LogP contribution in [0.15, 0.2) is 48.9 Å². The lowest BCUT2D eigenvalue weighted by atomic mass is 10.1. The molecule has 0 aliphatic heterocycles. The Balaban J connectivity index is 1.92. The molecule has 6 heteroatoms. The molecule has 0 N–H and O–H groups in total. The average molecular weight is 371 g/mol.